The van der Waals surface area contributed by atoms with Crippen molar-refractivity contribution in [3.05, 3.63) is 0 Å². The number of rotatable bonds is 7. The van der Waals surface area contributed by atoms with Crippen molar-refractivity contribution < 1.29 is 44.7 Å². The lowest BCUT2D eigenvalue weighted by Gasteiger charge is -2.27. The lowest BCUT2D eigenvalue weighted by Crippen LogP contribution is -2.39. The van der Waals surface area contributed by atoms with Gasteiger partial charge in [0.2, 0.25) is 0 Å². The molecule has 2 amide bonds. The third-order valence-electron chi connectivity index (χ3n) is 1.89. The van der Waals surface area contributed by atoms with Gasteiger partial charge in [-0.1, -0.05) is 6.92 Å². The number of amides is 2. The van der Waals surface area contributed by atoms with Crippen molar-refractivity contribution in [1.29, 1.82) is 0 Å². The Morgan fingerprint density at radius 3 is 1.76 bits per heavy atom. The lowest BCUT2D eigenvalue weighted by atomic mass is 10.5. The number of halogens is 6. The Labute approximate surface area is 115 Å². The number of nitrogens with one attached hydrogen (secondary N) is 1. The fourth-order valence-electron chi connectivity index (χ4n) is 1.11. The lowest BCUT2D eigenvalue weighted by molar-refractivity contribution is -0.165. The molecule has 1 unspecified atom stereocenters. The van der Waals surface area contributed by atoms with Crippen LogP contribution in [0.1, 0.15) is 13.3 Å². The van der Waals surface area contributed by atoms with Gasteiger partial charge in [0, 0.05) is 0 Å². The van der Waals surface area contributed by atoms with Gasteiger partial charge in [-0.2, -0.15) is 26.3 Å². The topological polar surface area (TPSA) is 90.7 Å². The molecule has 0 saturated carbocycles. The van der Waals surface area contributed by atoms with E-state index in [2.05, 4.69) is 9.05 Å². The maximum Gasteiger partial charge on any atom is 0.412 e. The van der Waals surface area contributed by atoms with Crippen molar-refractivity contribution in [2.24, 2.45) is 5.73 Å². The zero-order chi connectivity index (χ0) is 16.9. The van der Waals surface area contributed by atoms with Crippen LogP contribution in [0.3, 0.4) is 0 Å². The van der Waals surface area contributed by atoms with Crippen molar-refractivity contribution in [3.8, 4) is 0 Å². The van der Waals surface area contributed by atoms with Crippen LogP contribution in [0.5, 0.6) is 0 Å². The quantitative estimate of drug-likeness (QED) is 0.548. The zero-order valence-electron chi connectivity index (χ0n) is 10.6. The van der Waals surface area contributed by atoms with Crippen LogP contribution in [0.25, 0.3) is 0 Å². The second-order valence-corrected chi connectivity index (χ2v) is 5.97. The molecule has 0 heterocycles. The Morgan fingerprint density at radius 2 is 1.52 bits per heavy atom. The average molecular weight is 346 g/mol. The molecule has 6 nitrogen and oxygen atoms in total. The van der Waals surface area contributed by atoms with Crippen molar-refractivity contribution in [2.75, 3.05) is 13.2 Å². The molecule has 0 radical (unpaired) electrons. The number of carbonyl (C=O) groups is 1. The monoisotopic (exact) mass is 346 g/mol. The number of primary amides is 1. The molecular formula is C8H13F6N2O4P. The molecule has 21 heavy (non-hydrogen) atoms. The van der Waals surface area contributed by atoms with E-state index < -0.39 is 45.0 Å². The van der Waals surface area contributed by atoms with Gasteiger partial charge in [0.1, 0.15) is 5.78 Å². The molecule has 0 fully saturated rings. The second-order valence-electron chi connectivity index (χ2n) is 3.75. The number of nitrogens with two attached hydrogens (primary N) is 1. The van der Waals surface area contributed by atoms with Crippen molar-refractivity contribution in [2.45, 2.75) is 31.5 Å². The van der Waals surface area contributed by atoms with Crippen LogP contribution in [0.2, 0.25) is 0 Å². The van der Waals surface area contributed by atoms with Crippen molar-refractivity contribution in [3.63, 3.8) is 0 Å². The van der Waals surface area contributed by atoms with Gasteiger partial charge in [-0.05, 0) is 6.42 Å². The molecular weight excluding hydrogens is 333 g/mol. The van der Waals surface area contributed by atoms with Crippen molar-refractivity contribution in [1.82, 2.24) is 5.32 Å². The normalized spacial score (nSPS) is 14.8. The van der Waals surface area contributed by atoms with Gasteiger partial charge < -0.3 is 11.1 Å². The Kier molecular flexibility index (Phi) is 6.97. The van der Waals surface area contributed by atoms with E-state index >= 15 is 0 Å². The molecule has 0 spiro atoms. The van der Waals surface area contributed by atoms with Crippen LogP contribution in [-0.4, -0.2) is 37.4 Å². The summed E-state index contributed by atoms with van der Waals surface area (Å²) in [4.78, 5) is 10.7. The van der Waals surface area contributed by atoms with E-state index in [0.717, 1.165) is 0 Å². The van der Waals surface area contributed by atoms with Crippen LogP contribution >= 0.6 is 7.60 Å². The van der Waals surface area contributed by atoms with Crippen LogP contribution in [0.15, 0.2) is 0 Å². The van der Waals surface area contributed by atoms with Crippen LogP contribution in [0, 0.1) is 0 Å². The molecule has 0 rings (SSSR count). The summed E-state index contributed by atoms with van der Waals surface area (Å²) in [7, 11) is -4.93. The summed E-state index contributed by atoms with van der Waals surface area (Å²) in [6.07, 6.45) is -10.2. The number of carbonyl (C=O) groups excluding carboxylic acids is 1. The predicted octanol–water partition coefficient (Wildman–Crippen LogP) is 2.74. The maximum atomic E-state index is 12.1. The highest BCUT2D eigenvalue weighted by molar-refractivity contribution is 7.54. The molecule has 0 aromatic carbocycles. The van der Waals surface area contributed by atoms with Crippen LogP contribution in [0.4, 0.5) is 31.1 Å². The first-order valence-electron chi connectivity index (χ1n) is 5.37. The number of urea groups is 1. The molecule has 0 saturated heterocycles. The summed E-state index contributed by atoms with van der Waals surface area (Å²) in [6, 6.07) is -1.30. The van der Waals surface area contributed by atoms with E-state index in [0.29, 0.717) is 0 Å². The summed E-state index contributed by atoms with van der Waals surface area (Å²) >= 11 is 0. The van der Waals surface area contributed by atoms with Gasteiger partial charge in [0.05, 0.1) is 0 Å². The second kappa shape index (κ2) is 7.32. The molecule has 0 aliphatic heterocycles. The molecule has 0 aliphatic rings. The molecule has 126 valence electrons. The minimum atomic E-state index is -4.94. The highest BCUT2D eigenvalue weighted by Crippen LogP contribution is 2.54. The highest BCUT2D eigenvalue weighted by atomic mass is 31.2. The van der Waals surface area contributed by atoms with Gasteiger partial charge >= 0.3 is 26.0 Å². The Balaban J connectivity index is 5.12. The van der Waals surface area contributed by atoms with Gasteiger partial charge in [-0.15, -0.1) is 0 Å². The highest BCUT2D eigenvalue weighted by Gasteiger charge is 2.43. The van der Waals surface area contributed by atoms with Gasteiger partial charge in [-0.3, -0.25) is 13.6 Å². The number of alkyl halides is 6. The summed E-state index contributed by atoms with van der Waals surface area (Å²) in [6.45, 7) is -2.96. The minimum Gasteiger partial charge on any atom is -0.352 e. The van der Waals surface area contributed by atoms with Gasteiger partial charge in [0.25, 0.3) is 0 Å². The van der Waals surface area contributed by atoms with E-state index in [1.54, 1.807) is 5.32 Å². The molecule has 3 N–H and O–H groups in total. The SMILES string of the molecule is CCC(NC(N)=O)P(=O)(OCC(F)(F)F)OCC(F)(F)F. The van der Waals surface area contributed by atoms with E-state index in [9.17, 15) is 35.7 Å². The molecule has 0 aliphatic carbocycles. The summed E-state index contributed by atoms with van der Waals surface area (Å²) < 4.78 is 92.3. The van der Waals surface area contributed by atoms with Crippen LogP contribution < -0.4 is 11.1 Å². The molecule has 1 atom stereocenters. The molecule has 0 aromatic rings. The summed E-state index contributed by atoms with van der Waals surface area (Å²) in [5, 5.41) is 1.73. The largest absolute Gasteiger partial charge is 0.412 e. The van der Waals surface area contributed by atoms with E-state index in [1.165, 1.54) is 6.92 Å². The Hall–Kier alpha value is -1.00. The fourth-order valence-corrected chi connectivity index (χ4v) is 2.93. The predicted molar refractivity (Wildman–Crippen MR) is 58.4 cm³/mol. The number of hydrogen-bond donors (Lipinski definition) is 2. The standard InChI is InChI=1S/C8H13F6N2O4P/c1-2-5(16-6(15)17)21(18,19-3-7(9,10)11)20-4-8(12,13)14/h5H,2-4H2,1H3,(H3,15,16,17). The smallest absolute Gasteiger partial charge is 0.352 e. The summed E-state index contributed by atoms with van der Waals surface area (Å²) in [5.74, 6) is -1.74. The zero-order valence-corrected chi connectivity index (χ0v) is 11.5. The summed E-state index contributed by atoms with van der Waals surface area (Å²) in [5.41, 5.74) is 4.70. The number of hydrogen-bond acceptors (Lipinski definition) is 4. The van der Waals surface area contributed by atoms with E-state index in [-0.39, 0.29) is 6.42 Å². The molecule has 13 heteroatoms. The first-order chi connectivity index (χ1) is 9.29. The molecule has 0 bridgehead atoms. The first kappa shape index (κ1) is 20.0. The first-order valence-corrected chi connectivity index (χ1v) is 6.98. The molecule has 0 aromatic heterocycles. The third kappa shape index (κ3) is 8.79. The van der Waals surface area contributed by atoms with E-state index in [1.807, 2.05) is 0 Å². The van der Waals surface area contributed by atoms with Crippen molar-refractivity contribution >= 4 is 13.6 Å². The Morgan fingerprint density at radius 1 is 1.14 bits per heavy atom. The van der Waals surface area contributed by atoms with E-state index in [4.69, 9.17) is 5.73 Å². The third-order valence-corrected chi connectivity index (χ3v) is 4.13. The van der Waals surface area contributed by atoms with Gasteiger partial charge in [0.15, 0.2) is 13.2 Å². The Bertz CT molecular complexity index is 377. The van der Waals surface area contributed by atoms with Crippen LogP contribution in [-0.2, 0) is 13.6 Å². The fraction of sp³-hybridized carbons (Fsp3) is 0.875. The maximum absolute atomic E-state index is 12.1. The minimum absolute atomic E-state index is 0.323. The average Bonchev–Trinajstić information content (AvgIpc) is 2.29. The van der Waals surface area contributed by atoms with Gasteiger partial charge in [-0.25, -0.2) is 4.79 Å².